The van der Waals surface area contributed by atoms with Crippen LogP contribution in [0.2, 0.25) is 0 Å². The lowest BCUT2D eigenvalue weighted by Gasteiger charge is -2.26. The molecule has 3 unspecified atom stereocenters. The summed E-state index contributed by atoms with van der Waals surface area (Å²) in [6, 6.07) is -0.216. The molecule has 1 aliphatic rings. The summed E-state index contributed by atoms with van der Waals surface area (Å²) >= 11 is 0. The van der Waals surface area contributed by atoms with E-state index in [4.69, 9.17) is 5.73 Å². The lowest BCUT2D eigenvalue weighted by Crippen LogP contribution is -2.41. The number of allylic oxidation sites excluding steroid dienone is 2. The zero-order valence-corrected chi connectivity index (χ0v) is 9.92. The Morgan fingerprint density at radius 3 is 2.93 bits per heavy atom. The van der Waals surface area contributed by atoms with E-state index in [-0.39, 0.29) is 11.9 Å². The molecule has 3 heteroatoms. The molecule has 0 aromatic carbocycles. The largest absolute Gasteiger partial charge is 0.368 e. The van der Waals surface area contributed by atoms with Crippen LogP contribution >= 0.6 is 0 Å². The van der Waals surface area contributed by atoms with Crippen molar-refractivity contribution in [2.45, 2.75) is 39.7 Å². The Morgan fingerprint density at radius 1 is 1.73 bits per heavy atom. The van der Waals surface area contributed by atoms with Crippen LogP contribution in [-0.2, 0) is 4.79 Å². The normalized spacial score (nSPS) is 28.3. The number of primary amides is 1. The highest BCUT2D eigenvalue weighted by atomic mass is 16.1. The van der Waals surface area contributed by atoms with Crippen molar-refractivity contribution in [3.05, 3.63) is 11.6 Å². The molecule has 0 spiro atoms. The van der Waals surface area contributed by atoms with Crippen molar-refractivity contribution in [1.82, 2.24) is 5.32 Å². The Hall–Kier alpha value is -0.830. The van der Waals surface area contributed by atoms with Gasteiger partial charge in [0, 0.05) is 0 Å². The molecule has 0 radical (unpaired) electrons. The van der Waals surface area contributed by atoms with Crippen LogP contribution in [0.3, 0.4) is 0 Å². The number of nitrogens with two attached hydrogens (primary N) is 1. The van der Waals surface area contributed by atoms with Crippen molar-refractivity contribution in [2.75, 3.05) is 6.54 Å². The van der Waals surface area contributed by atoms with E-state index in [1.54, 1.807) is 0 Å². The zero-order valence-electron chi connectivity index (χ0n) is 9.92. The van der Waals surface area contributed by atoms with Crippen LogP contribution in [0.5, 0.6) is 0 Å². The van der Waals surface area contributed by atoms with Gasteiger partial charge >= 0.3 is 0 Å². The Balaban J connectivity index is 2.34. The van der Waals surface area contributed by atoms with E-state index in [9.17, 15) is 4.79 Å². The van der Waals surface area contributed by atoms with Gasteiger partial charge in [-0.2, -0.15) is 0 Å². The average molecular weight is 210 g/mol. The van der Waals surface area contributed by atoms with Crippen molar-refractivity contribution in [3.8, 4) is 0 Å². The molecule has 3 atom stereocenters. The second-order valence-corrected chi connectivity index (χ2v) is 4.83. The molecule has 0 heterocycles. The molecular formula is C12H22N2O. The summed E-state index contributed by atoms with van der Waals surface area (Å²) in [5.41, 5.74) is 6.66. The van der Waals surface area contributed by atoms with E-state index in [1.807, 2.05) is 6.92 Å². The summed E-state index contributed by atoms with van der Waals surface area (Å²) in [6.07, 6.45) is 4.69. The van der Waals surface area contributed by atoms with Crippen molar-refractivity contribution < 1.29 is 4.79 Å². The highest BCUT2D eigenvalue weighted by Gasteiger charge is 2.19. The van der Waals surface area contributed by atoms with Gasteiger partial charge in [0.25, 0.3) is 0 Å². The van der Waals surface area contributed by atoms with Crippen molar-refractivity contribution >= 4 is 5.91 Å². The maximum atomic E-state index is 10.8. The lowest BCUT2D eigenvalue weighted by molar-refractivity contribution is -0.119. The predicted octanol–water partition coefficient (Wildman–Crippen LogP) is 1.44. The molecule has 15 heavy (non-hydrogen) atoms. The van der Waals surface area contributed by atoms with Crippen LogP contribution in [0.1, 0.15) is 33.6 Å². The van der Waals surface area contributed by atoms with Gasteiger partial charge in [0.15, 0.2) is 0 Å². The quantitative estimate of drug-likeness (QED) is 0.690. The summed E-state index contributed by atoms with van der Waals surface area (Å²) in [5, 5.41) is 3.19. The topological polar surface area (TPSA) is 55.1 Å². The maximum absolute atomic E-state index is 10.8. The van der Waals surface area contributed by atoms with E-state index in [0.717, 1.165) is 13.0 Å². The fourth-order valence-electron chi connectivity index (χ4n) is 2.29. The molecule has 0 bridgehead atoms. The summed E-state index contributed by atoms with van der Waals surface area (Å²) in [4.78, 5) is 10.8. The Labute approximate surface area is 92.1 Å². The van der Waals surface area contributed by atoms with E-state index >= 15 is 0 Å². The van der Waals surface area contributed by atoms with Gasteiger partial charge in [0.05, 0.1) is 6.04 Å². The van der Waals surface area contributed by atoms with Gasteiger partial charge in [-0.1, -0.05) is 18.6 Å². The summed E-state index contributed by atoms with van der Waals surface area (Å²) in [7, 11) is 0. The van der Waals surface area contributed by atoms with Gasteiger partial charge in [-0.15, -0.1) is 0 Å². The third-order valence-electron chi connectivity index (χ3n) is 3.02. The molecule has 1 rings (SSSR count). The second-order valence-electron chi connectivity index (χ2n) is 4.83. The number of nitrogens with one attached hydrogen (secondary N) is 1. The Kier molecular flexibility index (Phi) is 4.33. The van der Waals surface area contributed by atoms with Crippen LogP contribution < -0.4 is 11.1 Å². The van der Waals surface area contributed by atoms with Gasteiger partial charge in [-0.3, -0.25) is 4.79 Å². The highest BCUT2D eigenvalue weighted by molar-refractivity contribution is 5.79. The number of carbonyl (C=O) groups excluding carboxylic acids is 1. The minimum absolute atomic E-state index is 0.216. The highest BCUT2D eigenvalue weighted by Crippen LogP contribution is 2.27. The fourth-order valence-corrected chi connectivity index (χ4v) is 2.29. The minimum atomic E-state index is -0.272. The van der Waals surface area contributed by atoms with Gasteiger partial charge < -0.3 is 11.1 Å². The molecule has 0 aromatic rings. The van der Waals surface area contributed by atoms with E-state index in [0.29, 0.717) is 11.8 Å². The molecule has 3 nitrogen and oxygen atoms in total. The van der Waals surface area contributed by atoms with E-state index < -0.39 is 0 Å². The van der Waals surface area contributed by atoms with Crippen molar-refractivity contribution in [2.24, 2.45) is 17.6 Å². The molecule has 1 aliphatic carbocycles. The molecule has 0 aliphatic heterocycles. The second kappa shape index (κ2) is 5.31. The summed E-state index contributed by atoms with van der Waals surface area (Å²) in [6.45, 7) is 7.13. The van der Waals surface area contributed by atoms with Gasteiger partial charge in [0.1, 0.15) is 0 Å². The number of carbonyl (C=O) groups is 1. The van der Waals surface area contributed by atoms with Crippen molar-refractivity contribution in [3.63, 3.8) is 0 Å². The molecule has 0 saturated heterocycles. The van der Waals surface area contributed by atoms with Gasteiger partial charge in [-0.25, -0.2) is 0 Å². The smallest absolute Gasteiger partial charge is 0.234 e. The maximum Gasteiger partial charge on any atom is 0.234 e. The first-order chi connectivity index (χ1) is 6.99. The molecule has 1 amide bonds. The third-order valence-corrected chi connectivity index (χ3v) is 3.02. The monoisotopic (exact) mass is 210 g/mol. The van der Waals surface area contributed by atoms with Crippen molar-refractivity contribution in [1.29, 1.82) is 0 Å². The average Bonchev–Trinajstić information content (AvgIpc) is 2.12. The van der Waals surface area contributed by atoms with Crippen LogP contribution in [0.4, 0.5) is 0 Å². The van der Waals surface area contributed by atoms with Gasteiger partial charge in [0.2, 0.25) is 5.91 Å². The molecule has 3 N–H and O–H groups in total. The first-order valence-corrected chi connectivity index (χ1v) is 5.69. The van der Waals surface area contributed by atoms with Gasteiger partial charge in [-0.05, 0) is 45.1 Å². The number of hydrogen-bond acceptors (Lipinski definition) is 2. The number of hydrogen-bond donors (Lipinski definition) is 2. The zero-order chi connectivity index (χ0) is 11.4. The summed E-state index contributed by atoms with van der Waals surface area (Å²) in [5.74, 6) is 1.03. The van der Waals surface area contributed by atoms with Crippen LogP contribution in [-0.4, -0.2) is 18.5 Å². The first kappa shape index (κ1) is 12.2. The molecule has 86 valence electrons. The predicted molar refractivity (Wildman–Crippen MR) is 62.3 cm³/mol. The lowest BCUT2D eigenvalue weighted by atomic mass is 9.83. The Morgan fingerprint density at radius 2 is 2.40 bits per heavy atom. The Bertz CT molecular complexity index is 260. The molecular weight excluding hydrogens is 188 g/mol. The number of rotatable bonds is 4. The summed E-state index contributed by atoms with van der Waals surface area (Å²) < 4.78 is 0. The molecule has 0 fully saturated rings. The molecule has 0 aromatic heterocycles. The number of amides is 1. The first-order valence-electron chi connectivity index (χ1n) is 5.69. The fraction of sp³-hybridized carbons (Fsp3) is 0.750. The van der Waals surface area contributed by atoms with Crippen LogP contribution in [0, 0.1) is 11.8 Å². The van der Waals surface area contributed by atoms with E-state index in [2.05, 4.69) is 25.2 Å². The van der Waals surface area contributed by atoms with E-state index in [1.165, 1.54) is 12.0 Å². The standard InChI is InChI=1S/C12H22N2O/c1-8-4-9(2)6-11(5-8)7-14-10(3)12(13)15/h4,8,10-11,14H,5-7H2,1-3H3,(H2,13,15). The minimum Gasteiger partial charge on any atom is -0.368 e. The van der Waals surface area contributed by atoms with Crippen LogP contribution in [0.15, 0.2) is 11.6 Å². The third kappa shape index (κ3) is 4.04. The van der Waals surface area contributed by atoms with Crippen LogP contribution in [0.25, 0.3) is 0 Å². The SMILES string of the molecule is CC1=CC(C)CC(CNC(C)C(N)=O)C1. The molecule has 0 saturated carbocycles.